The Morgan fingerprint density at radius 3 is 2.37 bits per heavy atom. The molecule has 2 amide bonds. The molecule has 27 heavy (non-hydrogen) atoms. The lowest BCUT2D eigenvalue weighted by Gasteiger charge is -2.32. The second kappa shape index (κ2) is 8.86. The quantitative estimate of drug-likeness (QED) is 0.712. The third kappa shape index (κ3) is 5.20. The zero-order valence-corrected chi connectivity index (χ0v) is 16.5. The molecule has 0 atom stereocenters. The van der Waals surface area contributed by atoms with Gasteiger partial charge in [-0.3, -0.25) is 9.59 Å². The fraction of sp³-hybridized carbons (Fsp3) is 0.238. The van der Waals surface area contributed by atoms with Crippen molar-refractivity contribution in [3.63, 3.8) is 0 Å². The number of halogens is 1. The van der Waals surface area contributed by atoms with E-state index in [1.54, 1.807) is 6.08 Å². The van der Waals surface area contributed by atoms with Gasteiger partial charge in [0, 0.05) is 40.9 Å². The largest absolute Gasteiger partial charge is 0.371 e. The molecule has 0 spiro atoms. The minimum atomic E-state index is -0.205. The van der Waals surface area contributed by atoms with Crippen LogP contribution in [0.15, 0.2) is 59.1 Å². The predicted molar refractivity (Wildman–Crippen MR) is 112 cm³/mol. The second-order valence-corrected chi connectivity index (χ2v) is 7.41. The van der Waals surface area contributed by atoms with E-state index in [4.69, 9.17) is 5.73 Å². The first-order valence-electron chi connectivity index (χ1n) is 8.91. The van der Waals surface area contributed by atoms with Crippen LogP contribution in [0.4, 0.5) is 11.4 Å². The minimum absolute atomic E-state index is 0.0174. The van der Waals surface area contributed by atoms with Gasteiger partial charge >= 0.3 is 0 Å². The fourth-order valence-electron chi connectivity index (χ4n) is 3.14. The zero-order chi connectivity index (χ0) is 19.2. The highest BCUT2D eigenvalue weighted by molar-refractivity contribution is 9.10. The van der Waals surface area contributed by atoms with Crippen molar-refractivity contribution in [2.24, 2.45) is 11.7 Å². The molecule has 1 saturated heterocycles. The molecule has 3 N–H and O–H groups in total. The Bertz CT molecular complexity index is 841. The summed E-state index contributed by atoms with van der Waals surface area (Å²) in [6.45, 7) is 1.63. The number of nitrogens with one attached hydrogen (secondary N) is 1. The summed E-state index contributed by atoms with van der Waals surface area (Å²) >= 11 is 3.46. The highest BCUT2D eigenvalue weighted by Crippen LogP contribution is 2.24. The van der Waals surface area contributed by atoms with Crippen molar-refractivity contribution >= 4 is 45.2 Å². The number of hydrogen-bond acceptors (Lipinski definition) is 3. The number of primary amides is 1. The number of nitrogens with zero attached hydrogens (tertiary/aromatic N) is 1. The van der Waals surface area contributed by atoms with Crippen molar-refractivity contribution in [3.8, 4) is 0 Å². The molecule has 3 rings (SSSR count). The van der Waals surface area contributed by atoms with Gasteiger partial charge in [0.2, 0.25) is 11.8 Å². The third-order valence-electron chi connectivity index (χ3n) is 4.72. The molecule has 0 saturated carbocycles. The first kappa shape index (κ1) is 19.2. The van der Waals surface area contributed by atoms with Crippen LogP contribution in [0.2, 0.25) is 0 Å². The standard InChI is InChI=1S/C21H22BrN3O2/c22-19-4-2-1-3-15(19)5-10-20(26)24-17-6-8-18(9-7-17)25-13-11-16(12-14-25)21(23)27/h1-10,16H,11-14H2,(H2,23,27)(H,24,26). The van der Waals surface area contributed by atoms with E-state index in [2.05, 4.69) is 26.1 Å². The molecule has 0 unspecified atom stereocenters. The lowest BCUT2D eigenvalue weighted by molar-refractivity contribution is -0.122. The van der Waals surface area contributed by atoms with Gasteiger partial charge in [-0.25, -0.2) is 0 Å². The van der Waals surface area contributed by atoms with E-state index in [1.807, 2.05) is 48.5 Å². The fourth-order valence-corrected chi connectivity index (χ4v) is 3.55. The summed E-state index contributed by atoms with van der Waals surface area (Å²) in [5, 5.41) is 2.86. The van der Waals surface area contributed by atoms with Crippen LogP contribution >= 0.6 is 15.9 Å². The first-order chi connectivity index (χ1) is 13.0. The Morgan fingerprint density at radius 2 is 1.74 bits per heavy atom. The Balaban J connectivity index is 1.55. The summed E-state index contributed by atoms with van der Waals surface area (Å²) in [6.07, 6.45) is 4.86. The Labute approximate surface area is 167 Å². The van der Waals surface area contributed by atoms with Crippen LogP contribution in [-0.4, -0.2) is 24.9 Å². The summed E-state index contributed by atoms with van der Waals surface area (Å²) in [5.41, 5.74) is 8.15. The maximum absolute atomic E-state index is 12.1. The number of carbonyl (C=O) groups excluding carboxylic acids is 2. The number of nitrogens with two attached hydrogens (primary N) is 1. The van der Waals surface area contributed by atoms with E-state index < -0.39 is 0 Å². The number of amides is 2. The van der Waals surface area contributed by atoms with Gasteiger partial charge < -0.3 is 16.0 Å². The highest BCUT2D eigenvalue weighted by Gasteiger charge is 2.23. The van der Waals surface area contributed by atoms with Crippen LogP contribution in [0.5, 0.6) is 0 Å². The monoisotopic (exact) mass is 427 g/mol. The summed E-state index contributed by atoms with van der Waals surface area (Å²) in [7, 11) is 0. The Kier molecular flexibility index (Phi) is 6.29. The molecule has 0 aromatic heterocycles. The number of carbonyl (C=O) groups is 2. The number of hydrogen-bond donors (Lipinski definition) is 2. The Hall–Kier alpha value is -2.60. The summed E-state index contributed by atoms with van der Waals surface area (Å²) in [4.78, 5) is 25.6. The van der Waals surface area contributed by atoms with Gasteiger partial charge in [-0.2, -0.15) is 0 Å². The van der Waals surface area contributed by atoms with Gasteiger partial charge in [-0.1, -0.05) is 34.1 Å². The van der Waals surface area contributed by atoms with Gasteiger partial charge in [-0.15, -0.1) is 0 Å². The van der Waals surface area contributed by atoms with Crippen molar-refractivity contribution < 1.29 is 9.59 Å². The number of piperidine rings is 1. The summed E-state index contributed by atoms with van der Waals surface area (Å²) < 4.78 is 0.943. The molecule has 1 aliphatic heterocycles. The molecule has 2 aromatic rings. The van der Waals surface area contributed by atoms with Crippen LogP contribution < -0.4 is 16.0 Å². The molecule has 1 heterocycles. The van der Waals surface area contributed by atoms with E-state index in [0.29, 0.717) is 0 Å². The predicted octanol–water partition coefficient (Wildman–Crippen LogP) is 3.80. The molecule has 2 aromatic carbocycles. The number of anilines is 2. The minimum Gasteiger partial charge on any atom is -0.371 e. The van der Waals surface area contributed by atoms with E-state index in [1.165, 1.54) is 6.08 Å². The van der Waals surface area contributed by atoms with E-state index in [0.717, 1.165) is 47.3 Å². The molecule has 1 fully saturated rings. The van der Waals surface area contributed by atoms with Crippen molar-refractivity contribution in [1.29, 1.82) is 0 Å². The molecule has 1 aliphatic rings. The van der Waals surface area contributed by atoms with E-state index in [9.17, 15) is 9.59 Å². The van der Waals surface area contributed by atoms with Gasteiger partial charge in [0.25, 0.3) is 0 Å². The molecule has 0 radical (unpaired) electrons. The van der Waals surface area contributed by atoms with Crippen LogP contribution in [-0.2, 0) is 9.59 Å². The summed E-state index contributed by atoms with van der Waals surface area (Å²) in [6, 6.07) is 15.5. The second-order valence-electron chi connectivity index (χ2n) is 6.55. The van der Waals surface area contributed by atoms with Crippen molar-refractivity contribution in [1.82, 2.24) is 0 Å². The zero-order valence-electron chi connectivity index (χ0n) is 14.9. The van der Waals surface area contributed by atoms with Crippen molar-refractivity contribution in [2.45, 2.75) is 12.8 Å². The normalized spacial score (nSPS) is 15.1. The lowest BCUT2D eigenvalue weighted by Crippen LogP contribution is -2.38. The highest BCUT2D eigenvalue weighted by atomic mass is 79.9. The van der Waals surface area contributed by atoms with Crippen LogP contribution in [0.1, 0.15) is 18.4 Å². The van der Waals surface area contributed by atoms with Gasteiger partial charge in [-0.05, 0) is 54.8 Å². The van der Waals surface area contributed by atoms with Crippen molar-refractivity contribution in [3.05, 3.63) is 64.6 Å². The smallest absolute Gasteiger partial charge is 0.248 e. The van der Waals surface area contributed by atoms with Gasteiger partial charge in [0.05, 0.1) is 0 Å². The van der Waals surface area contributed by atoms with Gasteiger partial charge in [0.15, 0.2) is 0 Å². The lowest BCUT2D eigenvalue weighted by atomic mass is 9.96. The Morgan fingerprint density at radius 1 is 1.07 bits per heavy atom. The molecule has 6 heteroatoms. The number of benzene rings is 2. The maximum Gasteiger partial charge on any atom is 0.248 e. The topological polar surface area (TPSA) is 75.4 Å². The molecular weight excluding hydrogens is 406 g/mol. The first-order valence-corrected chi connectivity index (χ1v) is 9.70. The molecule has 5 nitrogen and oxygen atoms in total. The van der Waals surface area contributed by atoms with Crippen molar-refractivity contribution in [2.75, 3.05) is 23.3 Å². The third-order valence-corrected chi connectivity index (χ3v) is 5.44. The SMILES string of the molecule is NC(=O)C1CCN(c2ccc(NC(=O)C=Cc3ccccc3Br)cc2)CC1. The van der Waals surface area contributed by atoms with E-state index in [-0.39, 0.29) is 17.7 Å². The van der Waals surface area contributed by atoms with Crippen LogP contribution in [0, 0.1) is 5.92 Å². The molecule has 0 bridgehead atoms. The molecule has 140 valence electrons. The molecular formula is C21H22BrN3O2. The molecule has 0 aliphatic carbocycles. The van der Waals surface area contributed by atoms with Gasteiger partial charge in [0.1, 0.15) is 0 Å². The summed E-state index contributed by atoms with van der Waals surface area (Å²) in [5.74, 6) is -0.402. The maximum atomic E-state index is 12.1. The number of rotatable bonds is 5. The van der Waals surface area contributed by atoms with Crippen LogP contribution in [0.3, 0.4) is 0 Å². The van der Waals surface area contributed by atoms with Crippen LogP contribution in [0.25, 0.3) is 6.08 Å². The van der Waals surface area contributed by atoms with E-state index >= 15 is 0 Å². The average Bonchev–Trinajstić information content (AvgIpc) is 2.68. The average molecular weight is 428 g/mol.